The van der Waals surface area contributed by atoms with E-state index in [9.17, 15) is 0 Å². The predicted molar refractivity (Wildman–Crippen MR) is 237 cm³/mol. The molecule has 10 aromatic rings. The molecule has 0 unspecified atom stereocenters. The maximum Gasteiger partial charge on any atom is 0.164 e. The summed E-state index contributed by atoms with van der Waals surface area (Å²) in [7, 11) is 0. The van der Waals surface area contributed by atoms with Crippen molar-refractivity contribution in [3.8, 4) is 67.5 Å². The van der Waals surface area contributed by atoms with Gasteiger partial charge in [-0.1, -0.05) is 190 Å². The van der Waals surface area contributed by atoms with Gasteiger partial charge in [-0.2, -0.15) is 0 Å². The van der Waals surface area contributed by atoms with Crippen LogP contribution in [0.5, 0.6) is 0 Å². The fourth-order valence-corrected chi connectivity index (χ4v) is 9.07. The zero-order valence-electron chi connectivity index (χ0n) is 31.7. The van der Waals surface area contributed by atoms with E-state index in [2.05, 4.69) is 172 Å². The molecule has 0 aliphatic heterocycles. The minimum Gasteiger partial charge on any atom is -0.208 e. The van der Waals surface area contributed by atoms with E-state index >= 15 is 0 Å². The number of aromatic nitrogens is 3. The summed E-state index contributed by atoms with van der Waals surface area (Å²) in [6.45, 7) is 4.72. The molecule has 1 aliphatic carbocycles. The molecule has 0 fully saturated rings. The van der Waals surface area contributed by atoms with E-state index < -0.39 is 0 Å². The highest BCUT2D eigenvalue weighted by Crippen LogP contribution is 2.51. The van der Waals surface area contributed by atoms with Crippen LogP contribution < -0.4 is 0 Å². The van der Waals surface area contributed by atoms with Gasteiger partial charge in [-0.3, -0.25) is 0 Å². The van der Waals surface area contributed by atoms with Gasteiger partial charge in [0.1, 0.15) is 0 Å². The van der Waals surface area contributed by atoms with Crippen molar-refractivity contribution < 1.29 is 0 Å². The highest BCUT2D eigenvalue weighted by atomic mass is 15.0. The first-order valence-corrected chi connectivity index (χ1v) is 19.6. The number of nitrogens with zero attached hydrogens (tertiary/aromatic N) is 3. The van der Waals surface area contributed by atoms with E-state index in [1.807, 2.05) is 30.3 Å². The van der Waals surface area contributed by atoms with Crippen LogP contribution in [0.1, 0.15) is 25.0 Å². The fraction of sp³-hybridized carbons (Fsp3) is 0.0556. The van der Waals surface area contributed by atoms with Crippen LogP contribution in [0.25, 0.3) is 99.9 Å². The van der Waals surface area contributed by atoms with Gasteiger partial charge in [0, 0.05) is 22.1 Å². The van der Waals surface area contributed by atoms with E-state index in [-0.39, 0.29) is 5.41 Å². The zero-order chi connectivity index (χ0) is 38.1. The molecule has 0 atom stereocenters. The Kier molecular flexibility index (Phi) is 7.52. The summed E-state index contributed by atoms with van der Waals surface area (Å²) < 4.78 is 0. The van der Waals surface area contributed by atoms with Crippen molar-refractivity contribution in [3.63, 3.8) is 0 Å². The Balaban J connectivity index is 0.968. The SMILES string of the molecule is CC1(C)c2ccccc2-c2ccc3cc(-c4ccc(-c5ccc(-c6nc(-c7ccccc7)nc(-c7ccc8ccccc8c7)n6)cc5)c5ccccc45)ccc3c21. The van der Waals surface area contributed by atoms with Gasteiger partial charge in [0.2, 0.25) is 0 Å². The Morgan fingerprint density at radius 2 is 0.825 bits per heavy atom. The van der Waals surface area contributed by atoms with Crippen molar-refractivity contribution in [3.05, 3.63) is 199 Å². The lowest BCUT2D eigenvalue weighted by Crippen LogP contribution is -2.15. The lowest BCUT2D eigenvalue weighted by atomic mass is 9.80. The molecule has 0 saturated heterocycles. The minimum absolute atomic E-state index is 0.0515. The smallest absolute Gasteiger partial charge is 0.164 e. The average molecular weight is 728 g/mol. The molecule has 11 rings (SSSR count). The number of rotatable bonds is 5. The van der Waals surface area contributed by atoms with Gasteiger partial charge in [0.15, 0.2) is 17.5 Å². The highest BCUT2D eigenvalue weighted by Gasteiger charge is 2.36. The minimum atomic E-state index is -0.0515. The van der Waals surface area contributed by atoms with Gasteiger partial charge in [0.25, 0.3) is 0 Å². The summed E-state index contributed by atoms with van der Waals surface area (Å²) >= 11 is 0. The van der Waals surface area contributed by atoms with Crippen LogP contribution in [0.3, 0.4) is 0 Å². The van der Waals surface area contributed by atoms with E-state index in [4.69, 9.17) is 15.0 Å². The Morgan fingerprint density at radius 3 is 1.58 bits per heavy atom. The number of fused-ring (bicyclic) bond motifs is 7. The molecule has 0 N–H and O–H groups in total. The lowest BCUT2D eigenvalue weighted by Gasteiger charge is -2.23. The molecule has 3 nitrogen and oxygen atoms in total. The topological polar surface area (TPSA) is 38.7 Å². The van der Waals surface area contributed by atoms with E-state index in [1.165, 1.54) is 65.9 Å². The standard InChI is InChI=1S/C54H37N3/c1-54(2)49-19-11-10-18-47(49)48-29-27-40-33-39(26-28-44(40)50(48)54)43-31-30-42(45-16-8-9-17-46(43)45)35-21-23-37(24-22-35)52-55-51(36-13-4-3-5-14-36)56-53(57-52)41-25-20-34-12-6-7-15-38(34)32-41/h3-33H,1-2H3. The summed E-state index contributed by atoms with van der Waals surface area (Å²) in [5.41, 5.74) is 13.1. The van der Waals surface area contributed by atoms with Crippen molar-refractivity contribution >= 4 is 32.3 Å². The summed E-state index contributed by atoms with van der Waals surface area (Å²) in [5, 5.41) is 7.40. The third kappa shape index (κ3) is 5.46. The molecule has 57 heavy (non-hydrogen) atoms. The zero-order valence-corrected chi connectivity index (χ0v) is 31.7. The first kappa shape index (κ1) is 33.1. The van der Waals surface area contributed by atoms with Crippen LogP contribution in [0, 0.1) is 0 Å². The molecule has 0 radical (unpaired) electrons. The lowest BCUT2D eigenvalue weighted by molar-refractivity contribution is 0.666. The van der Waals surface area contributed by atoms with E-state index in [1.54, 1.807) is 0 Å². The normalized spacial score (nSPS) is 12.9. The maximum absolute atomic E-state index is 5.04. The molecule has 0 saturated carbocycles. The Hall–Kier alpha value is -7.23. The maximum atomic E-state index is 5.04. The Labute approximate surface area is 332 Å². The average Bonchev–Trinajstić information content (AvgIpc) is 3.51. The molecule has 1 aliphatic rings. The second-order valence-corrected chi connectivity index (χ2v) is 15.6. The van der Waals surface area contributed by atoms with Gasteiger partial charge in [-0.25, -0.2) is 15.0 Å². The molecular weight excluding hydrogens is 691 g/mol. The van der Waals surface area contributed by atoms with Crippen molar-refractivity contribution in [1.29, 1.82) is 0 Å². The van der Waals surface area contributed by atoms with Crippen LogP contribution in [0.2, 0.25) is 0 Å². The number of hydrogen-bond acceptors (Lipinski definition) is 3. The first-order valence-electron chi connectivity index (χ1n) is 19.6. The molecular formula is C54H37N3. The van der Waals surface area contributed by atoms with Gasteiger partial charge >= 0.3 is 0 Å². The van der Waals surface area contributed by atoms with Crippen LogP contribution >= 0.6 is 0 Å². The van der Waals surface area contributed by atoms with Gasteiger partial charge < -0.3 is 0 Å². The van der Waals surface area contributed by atoms with Crippen molar-refractivity contribution in [1.82, 2.24) is 15.0 Å². The quantitative estimate of drug-likeness (QED) is 0.177. The molecule has 1 heterocycles. The van der Waals surface area contributed by atoms with Crippen LogP contribution in [0.15, 0.2) is 188 Å². The monoisotopic (exact) mass is 727 g/mol. The molecule has 0 amide bonds. The molecule has 268 valence electrons. The third-order valence-corrected chi connectivity index (χ3v) is 11.9. The van der Waals surface area contributed by atoms with E-state index in [0.717, 1.165) is 27.6 Å². The van der Waals surface area contributed by atoms with Gasteiger partial charge in [0.05, 0.1) is 0 Å². The molecule has 1 aromatic heterocycles. The summed E-state index contributed by atoms with van der Waals surface area (Å²) in [5.74, 6) is 1.96. The fourth-order valence-electron chi connectivity index (χ4n) is 9.07. The van der Waals surface area contributed by atoms with Crippen LogP contribution in [-0.4, -0.2) is 15.0 Å². The largest absolute Gasteiger partial charge is 0.208 e. The Bertz CT molecular complexity index is 3200. The summed E-state index contributed by atoms with van der Waals surface area (Å²) in [6, 6.07) is 67.4. The Morgan fingerprint density at radius 1 is 0.316 bits per heavy atom. The van der Waals surface area contributed by atoms with Crippen molar-refractivity contribution in [2.45, 2.75) is 19.3 Å². The first-order chi connectivity index (χ1) is 28.0. The van der Waals surface area contributed by atoms with Crippen LogP contribution in [-0.2, 0) is 5.41 Å². The van der Waals surface area contributed by atoms with Gasteiger partial charge in [-0.15, -0.1) is 0 Å². The van der Waals surface area contributed by atoms with Crippen LogP contribution in [0.4, 0.5) is 0 Å². The second-order valence-electron chi connectivity index (χ2n) is 15.6. The summed E-state index contributed by atoms with van der Waals surface area (Å²) in [6.07, 6.45) is 0. The predicted octanol–water partition coefficient (Wildman–Crippen LogP) is 14.0. The third-order valence-electron chi connectivity index (χ3n) is 11.9. The van der Waals surface area contributed by atoms with Crippen molar-refractivity contribution in [2.75, 3.05) is 0 Å². The number of hydrogen-bond donors (Lipinski definition) is 0. The molecule has 9 aromatic carbocycles. The molecule has 0 bridgehead atoms. The number of benzene rings is 9. The summed E-state index contributed by atoms with van der Waals surface area (Å²) in [4.78, 5) is 15.0. The molecule has 3 heteroatoms. The second kappa shape index (κ2) is 12.9. The highest BCUT2D eigenvalue weighted by molar-refractivity contribution is 6.07. The van der Waals surface area contributed by atoms with E-state index in [0.29, 0.717) is 17.5 Å². The van der Waals surface area contributed by atoms with Gasteiger partial charge in [-0.05, 0) is 89.0 Å². The molecule has 0 spiro atoms. The van der Waals surface area contributed by atoms with Crippen molar-refractivity contribution in [2.24, 2.45) is 0 Å².